The van der Waals surface area contributed by atoms with E-state index in [0.29, 0.717) is 11.0 Å². The second-order valence-corrected chi connectivity index (χ2v) is 3.89. The first-order valence-electron chi connectivity index (χ1n) is 5.02. The van der Waals surface area contributed by atoms with Crippen LogP contribution >= 0.6 is 11.6 Å². The van der Waals surface area contributed by atoms with Crippen molar-refractivity contribution in [3.05, 3.63) is 39.7 Å². The second-order valence-electron chi connectivity index (χ2n) is 3.48. The van der Waals surface area contributed by atoms with Crippen LogP contribution in [0.5, 0.6) is 5.75 Å². The van der Waals surface area contributed by atoms with E-state index in [1.54, 1.807) is 0 Å². The number of rotatable bonds is 3. The van der Waals surface area contributed by atoms with Gasteiger partial charge in [-0.05, 0) is 12.1 Å². The maximum absolute atomic E-state index is 11.6. The highest BCUT2D eigenvalue weighted by Crippen LogP contribution is 2.20. The fraction of sp³-hybridized carbons (Fsp3) is 0.167. The van der Waals surface area contributed by atoms with Gasteiger partial charge >= 0.3 is 5.97 Å². The summed E-state index contributed by atoms with van der Waals surface area (Å²) < 4.78 is 14.8. The van der Waals surface area contributed by atoms with Crippen LogP contribution in [0.15, 0.2) is 33.7 Å². The van der Waals surface area contributed by atoms with Crippen LogP contribution in [-0.4, -0.2) is 19.7 Å². The molecule has 2 aromatic rings. The molecule has 0 N–H and O–H groups in total. The van der Waals surface area contributed by atoms with E-state index in [4.69, 9.17) is 20.8 Å². The normalized spacial score (nSPS) is 10.6. The fourth-order valence-corrected chi connectivity index (χ4v) is 1.57. The summed E-state index contributed by atoms with van der Waals surface area (Å²) in [6.45, 7) is -0.150. The molecular formula is C12H9ClO5. The Bertz CT molecular complexity index is 646. The average molecular weight is 269 g/mol. The molecule has 0 saturated carbocycles. The van der Waals surface area contributed by atoms with Gasteiger partial charge in [-0.3, -0.25) is 4.79 Å². The van der Waals surface area contributed by atoms with Gasteiger partial charge < -0.3 is 13.9 Å². The van der Waals surface area contributed by atoms with Gasteiger partial charge in [0.15, 0.2) is 0 Å². The van der Waals surface area contributed by atoms with Crippen LogP contribution in [-0.2, 0) is 9.53 Å². The molecule has 0 aliphatic heterocycles. The zero-order valence-electron chi connectivity index (χ0n) is 9.44. The number of halogens is 1. The van der Waals surface area contributed by atoms with Crippen molar-refractivity contribution in [1.82, 2.24) is 0 Å². The highest BCUT2D eigenvalue weighted by atomic mass is 35.5. The van der Waals surface area contributed by atoms with E-state index in [-0.39, 0.29) is 22.8 Å². The molecular weight excluding hydrogens is 260 g/mol. The van der Waals surface area contributed by atoms with Crippen molar-refractivity contribution >= 4 is 28.5 Å². The van der Waals surface area contributed by atoms with Gasteiger partial charge in [-0.15, -0.1) is 0 Å². The lowest BCUT2D eigenvalue weighted by Crippen LogP contribution is -2.14. The minimum absolute atomic E-state index is 0.00614. The van der Waals surface area contributed by atoms with E-state index in [1.807, 2.05) is 0 Å². The maximum Gasteiger partial charge on any atom is 0.337 e. The molecule has 5 nitrogen and oxygen atoms in total. The number of methoxy groups -OCH3 is 1. The van der Waals surface area contributed by atoms with Gasteiger partial charge in [-0.25, -0.2) is 4.79 Å². The molecule has 94 valence electrons. The predicted molar refractivity (Wildman–Crippen MR) is 65.0 cm³/mol. The Morgan fingerprint density at radius 3 is 2.94 bits per heavy atom. The van der Waals surface area contributed by atoms with Crippen LogP contribution < -0.4 is 10.2 Å². The Morgan fingerprint density at radius 1 is 1.44 bits per heavy atom. The van der Waals surface area contributed by atoms with Crippen molar-refractivity contribution < 1.29 is 18.7 Å². The summed E-state index contributed by atoms with van der Waals surface area (Å²) in [6.07, 6.45) is 1.15. The highest BCUT2D eigenvalue weighted by molar-refractivity contribution is 6.30. The molecule has 0 atom stereocenters. The largest absolute Gasteiger partial charge is 0.462 e. The van der Waals surface area contributed by atoms with E-state index in [0.717, 1.165) is 6.26 Å². The number of carbonyl (C=O) groups is 1. The minimum Gasteiger partial charge on any atom is -0.462 e. The Labute approximate surface area is 107 Å². The zero-order valence-corrected chi connectivity index (χ0v) is 10.2. The third kappa shape index (κ3) is 2.52. The Kier molecular flexibility index (Phi) is 3.64. The summed E-state index contributed by atoms with van der Waals surface area (Å²) in [6, 6.07) is 4.42. The molecule has 6 heteroatoms. The van der Waals surface area contributed by atoms with Gasteiger partial charge in [-0.2, -0.15) is 0 Å². The number of ether oxygens (including phenoxy) is 2. The standard InChI is InChI=1S/C12H9ClO5/c1-16-6-11(14)18-7-2-3-8-10(4-7)17-5-9(13)12(8)15/h2-5H,6H2,1H3. The van der Waals surface area contributed by atoms with Crippen LogP contribution in [0.25, 0.3) is 11.0 Å². The Hall–Kier alpha value is -1.85. The molecule has 0 aliphatic carbocycles. The molecule has 0 unspecified atom stereocenters. The second kappa shape index (κ2) is 5.20. The first kappa shape index (κ1) is 12.6. The van der Waals surface area contributed by atoms with Gasteiger partial charge in [0.2, 0.25) is 5.43 Å². The van der Waals surface area contributed by atoms with Crippen LogP contribution in [0.4, 0.5) is 0 Å². The van der Waals surface area contributed by atoms with Gasteiger partial charge in [0.05, 0.1) is 5.39 Å². The summed E-state index contributed by atoms with van der Waals surface area (Å²) in [5.41, 5.74) is -0.0280. The maximum atomic E-state index is 11.6. The van der Waals surface area contributed by atoms with E-state index in [2.05, 4.69) is 4.74 Å². The monoisotopic (exact) mass is 268 g/mol. The molecule has 18 heavy (non-hydrogen) atoms. The molecule has 0 bridgehead atoms. The average Bonchev–Trinajstić information content (AvgIpc) is 2.34. The van der Waals surface area contributed by atoms with Crippen molar-refractivity contribution in [1.29, 1.82) is 0 Å². The number of hydrogen-bond acceptors (Lipinski definition) is 5. The van der Waals surface area contributed by atoms with E-state index in [1.165, 1.54) is 25.3 Å². The molecule has 1 aromatic heterocycles. The lowest BCUT2D eigenvalue weighted by atomic mass is 10.2. The third-order valence-corrected chi connectivity index (χ3v) is 2.46. The zero-order chi connectivity index (χ0) is 13.1. The van der Waals surface area contributed by atoms with Crippen molar-refractivity contribution in [3.8, 4) is 5.75 Å². The lowest BCUT2D eigenvalue weighted by molar-refractivity contribution is -0.138. The molecule has 1 heterocycles. The van der Waals surface area contributed by atoms with Crippen LogP contribution in [0.3, 0.4) is 0 Å². The molecule has 0 radical (unpaired) electrons. The van der Waals surface area contributed by atoms with E-state index >= 15 is 0 Å². The highest BCUT2D eigenvalue weighted by Gasteiger charge is 2.09. The van der Waals surface area contributed by atoms with Crippen LogP contribution in [0, 0.1) is 0 Å². The fourth-order valence-electron chi connectivity index (χ4n) is 1.43. The van der Waals surface area contributed by atoms with Gasteiger partial charge in [0, 0.05) is 13.2 Å². The molecule has 0 aliphatic rings. The van der Waals surface area contributed by atoms with Crippen molar-refractivity contribution in [2.45, 2.75) is 0 Å². The quantitative estimate of drug-likeness (QED) is 0.629. The SMILES string of the molecule is COCC(=O)Oc1ccc2c(=O)c(Cl)coc2c1. The van der Waals surface area contributed by atoms with E-state index < -0.39 is 5.97 Å². The lowest BCUT2D eigenvalue weighted by Gasteiger charge is -2.04. The predicted octanol–water partition coefficient (Wildman–Crippen LogP) is 2.00. The van der Waals surface area contributed by atoms with Gasteiger partial charge in [-0.1, -0.05) is 11.6 Å². The summed E-state index contributed by atoms with van der Waals surface area (Å²) in [7, 11) is 1.39. The Balaban J connectivity index is 2.37. The number of carbonyl (C=O) groups excluding carboxylic acids is 1. The number of esters is 1. The topological polar surface area (TPSA) is 65.7 Å². The van der Waals surface area contributed by atoms with Crippen molar-refractivity contribution in [3.63, 3.8) is 0 Å². The summed E-state index contributed by atoms with van der Waals surface area (Å²) >= 11 is 5.64. The van der Waals surface area contributed by atoms with Crippen LogP contribution in [0.2, 0.25) is 5.02 Å². The van der Waals surface area contributed by atoms with E-state index in [9.17, 15) is 9.59 Å². The smallest absolute Gasteiger partial charge is 0.337 e. The number of benzene rings is 1. The Morgan fingerprint density at radius 2 is 2.22 bits per heavy atom. The van der Waals surface area contributed by atoms with Crippen molar-refractivity contribution in [2.75, 3.05) is 13.7 Å². The van der Waals surface area contributed by atoms with Gasteiger partial charge in [0.1, 0.15) is 29.2 Å². The summed E-state index contributed by atoms with van der Waals surface area (Å²) in [5, 5.41) is 0.334. The first-order chi connectivity index (χ1) is 8.61. The molecule has 0 amide bonds. The molecule has 1 aromatic carbocycles. The summed E-state index contributed by atoms with van der Waals surface area (Å²) in [5.74, 6) is -0.261. The molecule has 2 rings (SSSR count). The summed E-state index contributed by atoms with van der Waals surface area (Å²) in [4.78, 5) is 22.9. The number of fused-ring (bicyclic) bond motifs is 1. The minimum atomic E-state index is -0.534. The van der Waals surface area contributed by atoms with Gasteiger partial charge in [0.25, 0.3) is 0 Å². The van der Waals surface area contributed by atoms with Crippen molar-refractivity contribution in [2.24, 2.45) is 0 Å². The first-order valence-corrected chi connectivity index (χ1v) is 5.40. The molecule has 0 spiro atoms. The third-order valence-electron chi connectivity index (χ3n) is 2.20. The molecule has 0 saturated heterocycles. The van der Waals surface area contributed by atoms with Crippen LogP contribution in [0.1, 0.15) is 0 Å². The molecule has 0 fully saturated rings. The number of hydrogen-bond donors (Lipinski definition) is 0.